The molecule has 1 spiro atoms. The standard InChI is InChI=1S/C14H26/c1-2-13-7-6-11-14(12-8-13)9-4-3-5-10-14/h13H,2-12H2,1H3. The van der Waals surface area contributed by atoms with Crippen LogP contribution in [0.2, 0.25) is 0 Å². The first kappa shape index (κ1) is 10.5. The van der Waals surface area contributed by atoms with Gasteiger partial charge in [-0.25, -0.2) is 0 Å². The van der Waals surface area contributed by atoms with Crippen molar-refractivity contribution in [2.75, 3.05) is 0 Å². The quantitative estimate of drug-likeness (QED) is 0.555. The SMILES string of the molecule is CCC1CCCC2(CCCCC2)CC1. The average molecular weight is 194 g/mol. The zero-order chi connectivity index (χ0) is 9.86. The van der Waals surface area contributed by atoms with Crippen LogP contribution in [0.3, 0.4) is 0 Å². The van der Waals surface area contributed by atoms with Crippen molar-refractivity contribution in [1.82, 2.24) is 0 Å². The lowest BCUT2D eigenvalue weighted by Gasteiger charge is -2.36. The van der Waals surface area contributed by atoms with Crippen LogP contribution in [0.4, 0.5) is 0 Å². The van der Waals surface area contributed by atoms with E-state index < -0.39 is 0 Å². The van der Waals surface area contributed by atoms with Gasteiger partial charge in [-0.2, -0.15) is 0 Å². The topological polar surface area (TPSA) is 0 Å². The van der Waals surface area contributed by atoms with Crippen molar-refractivity contribution in [3.05, 3.63) is 0 Å². The minimum Gasteiger partial charge on any atom is -0.0651 e. The molecule has 0 N–H and O–H groups in total. The highest BCUT2D eigenvalue weighted by atomic mass is 14.4. The Hall–Kier alpha value is 0. The molecule has 2 aliphatic carbocycles. The van der Waals surface area contributed by atoms with E-state index in [-0.39, 0.29) is 0 Å². The molecular formula is C14H26. The van der Waals surface area contributed by atoms with Gasteiger partial charge in [-0.3, -0.25) is 0 Å². The second kappa shape index (κ2) is 4.68. The second-order valence-electron chi connectivity index (χ2n) is 5.77. The summed E-state index contributed by atoms with van der Waals surface area (Å²) in [6.45, 7) is 2.38. The predicted molar refractivity (Wildman–Crippen MR) is 62.4 cm³/mol. The van der Waals surface area contributed by atoms with Gasteiger partial charge in [-0.05, 0) is 43.4 Å². The van der Waals surface area contributed by atoms with Crippen molar-refractivity contribution in [3.8, 4) is 0 Å². The second-order valence-corrected chi connectivity index (χ2v) is 5.77. The molecule has 2 rings (SSSR count). The third-order valence-corrected chi connectivity index (χ3v) is 4.89. The van der Waals surface area contributed by atoms with E-state index in [2.05, 4.69) is 6.92 Å². The van der Waals surface area contributed by atoms with Crippen LogP contribution in [0.1, 0.15) is 77.6 Å². The number of hydrogen-bond acceptors (Lipinski definition) is 0. The Morgan fingerprint density at radius 2 is 1.57 bits per heavy atom. The van der Waals surface area contributed by atoms with Gasteiger partial charge < -0.3 is 0 Å². The molecule has 2 fully saturated rings. The summed E-state index contributed by atoms with van der Waals surface area (Å²) in [5, 5.41) is 0. The first-order valence-corrected chi connectivity index (χ1v) is 6.85. The van der Waals surface area contributed by atoms with Crippen molar-refractivity contribution in [3.63, 3.8) is 0 Å². The lowest BCUT2D eigenvalue weighted by atomic mass is 9.69. The summed E-state index contributed by atoms with van der Waals surface area (Å²) >= 11 is 0. The van der Waals surface area contributed by atoms with E-state index in [0.29, 0.717) is 0 Å². The smallest absolute Gasteiger partial charge is 0.0297 e. The highest BCUT2D eigenvalue weighted by Gasteiger charge is 2.33. The summed E-state index contributed by atoms with van der Waals surface area (Å²) in [5.41, 5.74) is 0.822. The molecule has 1 atom stereocenters. The molecule has 0 heteroatoms. The molecule has 0 heterocycles. The van der Waals surface area contributed by atoms with Crippen molar-refractivity contribution in [1.29, 1.82) is 0 Å². The van der Waals surface area contributed by atoms with Crippen LogP contribution in [0.15, 0.2) is 0 Å². The van der Waals surface area contributed by atoms with Crippen molar-refractivity contribution < 1.29 is 0 Å². The van der Waals surface area contributed by atoms with Crippen LogP contribution in [0.25, 0.3) is 0 Å². The predicted octanol–water partition coefficient (Wildman–Crippen LogP) is 4.93. The Morgan fingerprint density at radius 1 is 0.857 bits per heavy atom. The average Bonchev–Trinajstić information content (AvgIpc) is 2.42. The van der Waals surface area contributed by atoms with Crippen LogP contribution in [-0.4, -0.2) is 0 Å². The van der Waals surface area contributed by atoms with Crippen LogP contribution >= 0.6 is 0 Å². The molecule has 1 unspecified atom stereocenters. The van der Waals surface area contributed by atoms with E-state index in [1.54, 1.807) is 25.7 Å². The Kier molecular flexibility index (Phi) is 3.52. The Labute approximate surface area is 89.5 Å². The zero-order valence-electron chi connectivity index (χ0n) is 9.86. The molecule has 2 saturated carbocycles. The first-order valence-electron chi connectivity index (χ1n) is 6.85. The van der Waals surface area contributed by atoms with Crippen molar-refractivity contribution >= 4 is 0 Å². The van der Waals surface area contributed by atoms with E-state index >= 15 is 0 Å². The molecular weight excluding hydrogens is 168 g/mol. The summed E-state index contributed by atoms with van der Waals surface area (Å²) in [5.74, 6) is 1.07. The van der Waals surface area contributed by atoms with Crippen LogP contribution in [-0.2, 0) is 0 Å². The normalized spacial score (nSPS) is 32.8. The maximum Gasteiger partial charge on any atom is -0.0297 e. The number of hydrogen-bond donors (Lipinski definition) is 0. The fraction of sp³-hybridized carbons (Fsp3) is 1.00. The van der Waals surface area contributed by atoms with Crippen LogP contribution in [0.5, 0.6) is 0 Å². The lowest BCUT2D eigenvalue weighted by Crippen LogP contribution is -2.23. The molecule has 0 aliphatic heterocycles. The highest BCUT2D eigenvalue weighted by Crippen LogP contribution is 2.47. The Bertz CT molecular complexity index is 165. The van der Waals surface area contributed by atoms with Gasteiger partial charge in [-0.1, -0.05) is 45.4 Å². The van der Waals surface area contributed by atoms with Gasteiger partial charge in [0.2, 0.25) is 0 Å². The summed E-state index contributed by atoms with van der Waals surface area (Å²) < 4.78 is 0. The molecule has 82 valence electrons. The van der Waals surface area contributed by atoms with E-state index in [9.17, 15) is 0 Å². The maximum atomic E-state index is 2.38. The molecule has 0 nitrogen and oxygen atoms in total. The highest BCUT2D eigenvalue weighted by molar-refractivity contribution is 4.85. The van der Waals surface area contributed by atoms with Gasteiger partial charge in [0.05, 0.1) is 0 Å². The molecule has 0 saturated heterocycles. The largest absolute Gasteiger partial charge is 0.0651 e. The molecule has 2 aliphatic rings. The molecule has 0 aromatic carbocycles. The molecule has 0 aromatic heterocycles. The third-order valence-electron chi connectivity index (χ3n) is 4.89. The molecule has 0 aromatic rings. The van der Waals surface area contributed by atoms with Gasteiger partial charge in [0.25, 0.3) is 0 Å². The summed E-state index contributed by atoms with van der Waals surface area (Å²) in [6, 6.07) is 0. The Balaban J connectivity index is 1.92. The third kappa shape index (κ3) is 2.32. The fourth-order valence-corrected chi connectivity index (χ4v) is 3.76. The van der Waals surface area contributed by atoms with Crippen LogP contribution < -0.4 is 0 Å². The zero-order valence-corrected chi connectivity index (χ0v) is 9.86. The maximum absolute atomic E-state index is 2.38. The van der Waals surface area contributed by atoms with Crippen molar-refractivity contribution in [2.24, 2.45) is 11.3 Å². The minimum absolute atomic E-state index is 0.822. The number of rotatable bonds is 1. The van der Waals surface area contributed by atoms with Gasteiger partial charge >= 0.3 is 0 Å². The van der Waals surface area contributed by atoms with E-state index in [4.69, 9.17) is 0 Å². The van der Waals surface area contributed by atoms with E-state index in [1.165, 1.54) is 44.9 Å². The van der Waals surface area contributed by atoms with Crippen molar-refractivity contribution in [2.45, 2.75) is 77.6 Å². The first-order chi connectivity index (χ1) is 6.85. The van der Waals surface area contributed by atoms with Crippen LogP contribution in [0, 0.1) is 11.3 Å². The Morgan fingerprint density at radius 3 is 2.29 bits per heavy atom. The summed E-state index contributed by atoms with van der Waals surface area (Å²) in [7, 11) is 0. The van der Waals surface area contributed by atoms with E-state index in [1.807, 2.05) is 0 Å². The molecule has 0 bridgehead atoms. The lowest BCUT2D eigenvalue weighted by molar-refractivity contribution is 0.158. The summed E-state index contributed by atoms with van der Waals surface area (Å²) in [4.78, 5) is 0. The molecule has 14 heavy (non-hydrogen) atoms. The monoisotopic (exact) mass is 194 g/mol. The van der Waals surface area contributed by atoms with Gasteiger partial charge in [-0.15, -0.1) is 0 Å². The van der Waals surface area contributed by atoms with E-state index in [0.717, 1.165) is 11.3 Å². The fourth-order valence-electron chi connectivity index (χ4n) is 3.76. The summed E-state index contributed by atoms with van der Waals surface area (Å²) in [6.07, 6.45) is 16.8. The van der Waals surface area contributed by atoms with Gasteiger partial charge in [0.15, 0.2) is 0 Å². The van der Waals surface area contributed by atoms with Gasteiger partial charge in [0, 0.05) is 0 Å². The minimum atomic E-state index is 0.822. The molecule has 0 radical (unpaired) electrons. The molecule has 0 amide bonds. The van der Waals surface area contributed by atoms with Gasteiger partial charge in [0.1, 0.15) is 0 Å².